The average Bonchev–Trinajstić information content (AvgIpc) is 2.44. The predicted molar refractivity (Wildman–Crippen MR) is 59.3 cm³/mol. The van der Waals surface area contributed by atoms with Gasteiger partial charge in [-0.25, -0.2) is 0 Å². The zero-order valence-electron chi connectivity index (χ0n) is 8.74. The van der Waals surface area contributed by atoms with Gasteiger partial charge in [0.25, 0.3) is 0 Å². The molecule has 0 aliphatic carbocycles. The zero-order chi connectivity index (χ0) is 9.80. The summed E-state index contributed by atoms with van der Waals surface area (Å²) in [4.78, 5) is 2.44. The van der Waals surface area contributed by atoms with Gasteiger partial charge in [0.1, 0.15) is 0 Å². The summed E-state index contributed by atoms with van der Waals surface area (Å²) in [6, 6.07) is 11.4. The molecule has 1 atom stereocenters. The Labute approximate surface area is 85.9 Å². The Bertz CT molecular complexity index is 271. The van der Waals surface area contributed by atoms with Crippen molar-refractivity contribution >= 4 is 0 Å². The zero-order valence-corrected chi connectivity index (χ0v) is 8.74. The Kier molecular flexibility index (Phi) is 3.17. The molecule has 1 aliphatic rings. The van der Waals surface area contributed by atoms with Crippen molar-refractivity contribution in [3.8, 4) is 0 Å². The van der Waals surface area contributed by atoms with Crippen molar-refractivity contribution in [2.24, 2.45) is 0 Å². The first kappa shape index (κ1) is 9.69. The fourth-order valence-corrected chi connectivity index (χ4v) is 2.09. The summed E-state index contributed by atoms with van der Waals surface area (Å²) in [6.07, 6.45) is 1.21. The summed E-state index contributed by atoms with van der Waals surface area (Å²) in [5.74, 6) is 0. The van der Waals surface area contributed by atoms with E-state index in [1.165, 1.54) is 12.0 Å². The number of hydrogen-bond acceptors (Lipinski definition) is 2. The molecule has 0 unspecified atom stereocenters. The third-order valence-corrected chi connectivity index (χ3v) is 2.95. The normalized spacial score (nSPS) is 24.5. The van der Waals surface area contributed by atoms with Crippen LogP contribution in [0.15, 0.2) is 30.3 Å². The molecule has 1 aromatic rings. The van der Waals surface area contributed by atoms with E-state index in [2.05, 4.69) is 47.6 Å². The van der Waals surface area contributed by atoms with Crippen LogP contribution in [-0.2, 0) is 0 Å². The van der Waals surface area contributed by atoms with Crippen LogP contribution >= 0.6 is 0 Å². The highest BCUT2D eigenvalue weighted by Gasteiger charge is 2.18. The number of likely N-dealkylation sites (N-methyl/N-ethyl adjacent to an activating group) is 1. The van der Waals surface area contributed by atoms with Crippen molar-refractivity contribution < 1.29 is 0 Å². The first-order valence-corrected chi connectivity index (χ1v) is 5.34. The van der Waals surface area contributed by atoms with Gasteiger partial charge in [-0.3, -0.25) is 4.90 Å². The number of nitrogens with one attached hydrogen (secondary N) is 1. The molecule has 14 heavy (non-hydrogen) atoms. The summed E-state index contributed by atoms with van der Waals surface area (Å²) in [6.45, 7) is 3.38. The largest absolute Gasteiger partial charge is 0.315 e. The predicted octanol–water partition coefficient (Wildman–Crippen LogP) is 1.65. The van der Waals surface area contributed by atoms with Crippen LogP contribution < -0.4 is 5.32 Å². The second-order valence-electron chi connectivity index (χ2n) is 3.95. The van der Waals surface area contributed by atoms with Gasteiger partial charge in [-0.2, -0.15) is 0 Å². The van der Waals surface area contributed by atoms with Crippen LogP contribution in [0.25, 0.3) is 0 Å². The summed E-state index contributed by atoms with van der Waals surface area (Å²) < 4.78 is 0. The molecule has 0 amide bonds. The molecule has 1 fully saturated rings. The average molecular weight is 190 g/mol. The van der Waals surface area contributed by atoms with E-state index in [0.29, 0.717) is 6.04 Å². The van der Waals surface area contributed by atoms with Crippen LogP contribution in [0.1, 0.15) is 18.0 Å². The van der Waals surface area contributed by atoms with Gasteiger partial charge in [-0.05, 0) is 25.6 Å². The number of hydrogen-bond donors (Lipinski definition) is 1. The number of rotatable bonds is 1. The first-order chi connectivity index (χ1) is 6.88. The van der Waals surface area contributed by atoms with Crippen molar-refractivity contribution in [2.75, 3.05) is 26.7 Å². The van der Waals surface area contributed by atoms with E-state index in [4.69, 9.17) is 0 Å². The van der Waals surface area contributed by atoms with Crippen molar-refractivity contribution in [1.29, 1.82) is 0 Å². The molecule has 2 nitrogen and oxygen atoms in total. The Balaban J connectivity index is 2.15. The van der Waals surface area contributed by atoms with Gasteiger partial charge in [0.2, 0.25) is 0 Å². The van der Waals surface area contributed by atoms with E-state index >= 15 is 0 Å². The summed E-state index contributed by atoms with van der Waals surface area (Å²) in [7, 11) is 2.21. The Morgan fingerprint density at radius 3 is 2.79 bits per heavy atom. The van der Waals surface area contributed by atoms with Gasteiger partial charge in [-0.15, -0.1) is 0 Å². The Hall–Kier alpha value is -0.860. The second-order valence-corrected chi connectivity index (χ2v) is 3.95. The molecule has 1 heterocycles. The number of benzene rings is 1. The monoisotopic (exact) mass is 190 g/mol. The van der Waals surface area contributed by atoms with E-state index in [-0.39, 0.29) is 0 Å². The van der Waals surface area contributed by atoms with E-state index in [1.54, 1.807) is 0 Å². The highest BCUT2D eigenvalue weighted by atomic mass is 15.2. The lowest BCUT2D eigenvalue weighted by molar-refractivity contribution is 0.258. The molecule has 2 rings (SSSR count). The van der Waals surface area contributed by atoms with Crippen LogP contribution in [0, 0.1) is 0 Å². The van der Waals surface area contributed by atoms with E-state index in [0.717, 1.165) is 19.6 Å². The van der Waals surface area contributed by atoms with Crippen LogP contribution in [-0.4, -0.2) is 31.6 Å². The van der Waals surface area contributed by atoms with Gasteiger partial charge in [0.05, 0.1) is 0 Å². The quantitative estimate of drug-likeness (QED) is 0.724. The first-order valence-electron chi connectivity index (χ1n) is 5.34. The topological polar surface area (TPSA) is 15.3 Å². The molecule has 1 aliphatic heterocycles. The third kappa shape index (κ3) is 2.14. The lowest BCUT2D eigenvalue weighted by Gasteiger charge is -2.25. The van der Waals surface area contributed by atoms with Crippen molar-refractivity contribution in [2.45, 2.75) is 12.5 Å². The maximum Gasteiger partial charge on any atom is 0.0357 e. The minimum atomic E-state index is 0.589. The molecule has 0 bridgehead atoms. The Morgan fingerprint density at radius 2 is 2.00 bits per heavy atom. The third-order valence-electron chi connectivity index (χ3n) is 2.95. The van der Waals surface area contributed by atoms with Crippen molar-refractivity contribution in [1.82, 2.24) is 10.2 Å². The lowest BCUT2D eigenvalue weighted by atomic mass is 10.0. The molecule has 0 aromatic heterocycles. The SMILES string of the molecule is CN1CCNCC[C@@H]1c1ccccc1. The summed E-state index contributed by atoms with van der Waals surface area (Å²) in [5, 5.41) is 3.44. The van der Waals surface area contributed by atoms with Crippen LogP contribution in [0.5, 0.6) is 0 Å². The van der Waals surface area contributed by atoms with Gasteiger partial charge in [0, 0.05) is 19.1 Å². The van der Waals surface area contributed by atoms with E-state index in [9.17, 15) is 0 Å². The van der Waals surface area contributed by atoms with E-state index < -0.39 is 0 Å². The highest BCUT2D eigenvalue weighted by molar-refractivity contribution is 5.19. The molecule has 76 valence electrons. The smallest absolute Gasteiger partial charge is 0.0357 e. The standard InChI is InChI=1S/C12H18N2/c1-14-10-9-13-8-7-12(14)11-5-3-2-4-6-11/h2-6,12-13H,7-10H2,1H3/t12-/m1/s1. The molecule has 1 N–H and O–H groups in total. The van der Waals surface area contributed by atoms with Crippen molar-refractivity contribution in [3.05, 3.63) is 35.9 Å². The molecule has 0 spiro atoms. The fraction of sp³-hybridized carbons (Fsp3) is 0.500. The maximum atomic E-state index is 3.44. The maximum absolute atomic E-state index is 3.44. The minimum absolute atomic E-state index is 0.589. The molecule has 0 radical (unpaired) electrons. The second kappa shape index (κ2) is 4.58. The molecule has 2 heteroatoms. The van der Waals surface area contributed by atoms with Crippen LogP contribution in [0.3, 0.4) is 0 Å². The van der Waals surface area contributed by atoms with Gasteiger partial charge in [0.15, 0.2) is 0 Å². The van der Waals surface area contributed by atoms with Crippen molar-refractivity contribution in [3.63, 3.8) is 0 Å². The highest BCUT2D eigenvalue weighted by Crippen LogP contribution is 2.22. The lowest BCUT2D eigenvalue weighted by Crippen LogP contribution is -2.26. The van der Waals surface area contributed by atoms with E-state index in [1.807, 2.05) is 0 Å². The van der Waals surface area contributed by atoms with Gasteiger partial charge in [-0.1, -0.05) is 30.3 Å². The summed E-state index contributed by atoms with van der Waals surface area (Å²) >= 11 is 0. The van der Waals surface area contributed by atoms with Crippen LogP contribution in [0.2, 0.25) is 0 Å². The van der Waals surface area contributed by atoms with Gasteiger partial charge < -0.3 is 5.32 Å². The summed E-state index contributed by atoms with van der Waals surface area (Å²) in [5.41, 5.74) is 1.44. The molecule has 1 aromatic carbocycles. The van der Waals surface area contributed by atoms with Crippen LogP contribution in [0.4, 0.5) is 0 Å². The minimum Gasteiger partial charge on any atom is -0.315 e. The fourth-order valence-electron chi connectivity index (χ4n) is 2.09. The Morgan fingerprint density at radius 1 is 1.21 bits per heavy atom. The molecule has 0 saturated carbocycles. The molecular formula is C12H18N2. The molecular weight excluding hydrogens is 172 g/mol. The number of nitrogens with zero attached hydrogens (tertiary/aromatic N) is 1. The molecule has 1 saturated heterocycles. The van der Waals surface area contributed by atoms with Gasteiger partial charge >= 0.3 is 0 Å².